The van der Waals surface area contributed by atoms with Crippen molar-refractivity contribution in [3.63, 3.8) is 0 Å². The Bertz CT molecular complexity index is 750. The second-order valence-corrected chi connectivity index (χ2v) is 6.06. The number of amides is 1. The predicted octanol–water partition coefficient (Wildman–Crippen LogP) is 5.08. The van der Waals surface area contributed by atoms with Crippen LogP contribution >= 0.6 is 0 Å². The SMILES string of the molecule is Cc1ccc(NC(=O)c2ccc(C(C)(C)C)o2)cc1N=[N+]=[N-]. The van der Waals surface area contributed by atoms with Crippen LogP contribution in [0, 0.1) is 6.92 Å². The minimum absolute atomic E-state index is 0.156. The summed E-state index contributed by atoms with van der Waals surface area (Å²) in [5.74, 6) is 0.651. The third-order valence-corrected chi connectivity index (χ3v) is 3.19. The van der Waals surface area contributed by atoms with E-state index in [1.54, 1.807) is 30.3 Å². The van der Waals surface area contributed by atoms with Crippen LogP contribution in [-0.4, -0.2) is 5.91 Å². The summed E-state index contributed by atoms with van der Waals surface area (Å²) in [4.78, 5) is 15.0. The largest absolute Gasteiger partial charge is 0.455 e. The topological polar surface area (TPSA) is 91.0 Å². The molecule has 6 heteroatoms. The summed E-state index contributed by atoms with van der Waals surface area (Å²) in [5.41, 5.74) is 10.2. The first-order valence-corrected chi connectivity index (χ1v) is 6.88. The van der Waals surface area contributed by atoms with E-state index < -0.39 is 0 Å². The lowest BCUT2D eigenvalue weighted by Crippen LogP contribution is -2.12. The van der Waals surface area contributed by atoms with Gasteiger partial charge in [0.1, 0.15) is 5.76 Å². The number of rotatable bonds is 3. The zero-order valence-electron chi connectivity index (χ0n) is 13.0. The molecule has 0 bridgehead atoms. The van der Waals surface area contributed by atoms with Crippen molar-refractivity contribution in [1.82, 2.24) is 0 Å². The highest BCUT2D eigenvalue weighted by Crippen LogP contribution is 2.26. The zero-order chi connectivity index (χ0) is 16.3. The van der Waals surface area contributed by atoms with E-state index in [1.165, 1.54) is 0 Å². The molecule has 0 unspecified atom stereocenters. The smallest absolute Gasteiger partial charge is 0.291 e. The first-order valence-electron chi connectivity index (χ1n) is 6.88. The van der Waals surface area contributed by atoms with Gasteiger partial charge in [-0.25, -0.2) is 0 Å². The van der Waals surface area contributed by atoms with Gasteiger partial charge in [-0.15, -0.1) is 0 Å². The molecule has 1 heterocycles. The molecule has 0 aliphatic heterocycles. The number of anilines is 1. The fourth-order valence-electron chi connectivity index (χ4n) is 1.90. The number of nitrogens with zero attached hydrogens (tertiary/aromatic N) is 3. The minimum Gasteiger partial charge on any atom is -0.455 e. The summed E-state index contributed by atoms with van der Waals surface area (Å²) in [5, 5.41) is 6.32. The second kappa shape index (κ2) is 5.95. The Morgan fingerprint density at radius 3 is 2.59 bits per heavy atom. The Hall–Kier alpha value is -2.72. The van der Waals surface area contributed by atoms with E-state index in [2.05, 4.69) is 15.3 Å². The zero-order valence-corrected chi connectivity index (χ0v) is 13.0. The van der Waals surface area contributed by atoms with Crippen molar-refractivity contribution >= 4 is 17.3 Å². The molecule has 114 valence electrons. The number of hydrogen-bond donors (Lipinski definition) is 1. The van der Waals surface area contributed by atoms with E-state index in [1.807, 2.05) is 27.7 Å². The lowest BCUT2D eigenvalue weighted by molar-refractivity contribution is 0.0993. The molecule has 0 saturated carbocycles. The van der Waals surface area contributed by atoms with Crippen LogP contribution < -0.4 is 5.32 Å². The maximum atomic E-state index is 12.2. The highest BCUT2D eigenvalue weighted by molar-refractivity contribution is 6.02. The van der Waals surface area contributed by atoms with Gasteiger partial charge in [0, 0.05) is 21.7 Å². The molecular weight excluding hydrogens is 280 g/mol. The minimum atomic E-state index is -0.341. The number of azide groups is 1. The van der Waals surface area contributed by atoms with Crippen LogP contribution in [0.3, 0.4) is 0 Å². The van der Waals surface area contributed by atoms with Crippen molar-refractivity contribution in [3.05, 3.63) is 57.9 Å². The maximum Gasteiger partial charge on any atom is 0.291 e. The van der Waals surface area contributed by atoms with Crippen molar-refractivity contribution in [1.29, 1.82) is 0 Å². The number of furan rings is 1. The van der Waals surface area contributed by atoms with Gasteiger partial charge in [-0.2, -0.15) is 0 Å². The molecule has 0 aliphatic carbocycles. The van der Waals surface area contributed by atoms with Crippen molar-refractivity contribution in [2.45, 2.75) is 33.1 Å². The van der Waals surface area contributed by atoms with Gasteiger partial charge in [0.2, 0.25) is 0 Å². The first kappa shape index (κ1) is 15.7. The lowest BCUT2D eigenvalue weighted by atomic mass is 9.94. The van der Waals surface area contributed by atoms with E-state index in [4.69, 9.17) is 9.95 Å². The van der Waals surface area contributed by atoms with Crippen molar-refractivity contribution in [3.8, 4) is 0 Å². The number of benzene rings is 1. The van der Waals surface area contributed by atoms with Crippen molar-refractivity contribution in [2.24, 2.45) is 5.11 Å². The average molecular weight is 298 g/mol. The Kier molecular flexibility index (Phi) is 4.24. The first-order chi connectivity index (χ1) is 10.3. The molecule has 1 aromatic heterocycles. The number of aryl methyl sites for hydroxylation is 1. The molecule has 0 spiro atoms. The van der Waals surface area contributed by atoms with Crippen molar-refractivity contribution in [2.75, 3.05) is 5.32 Å². The van der Waals surface area contributed by atoms with Crippen LogP contribution in [0.2, 0.25) is 0 Å². The van der Waals surface area contributed by atoms with Gasteiger partial charge in [0.05, 0.1) is 0 Å². The second-order valence-electron chi connectivity index (χ2n) is 6.06. The van der Waals surface area contributed by atoms with E-state index in [0.717, 1.165) is 11.3 Å². The Balaban J connectivity index is 2.20. The Labute approximate surface area is 128 Å². The lowest BCUT2D eigenvalue weighted by Gasteiger charge is -2.14. The normalized spacial score (nSPS) is 10.9. The molecule has 6 nitrogen and oxygen atoms in total. The Morgan fingerprint density at radius 1 is 1.27 bits per heavy atom. The van der Waals surface area contributed by atoms with Gasteiger partial charge in [0.15, 0.2) is 5.76 Å². The number of carbonyl (C=O) groups is 1. The quantitative estimate of drug-likeness (QED) is 0.486. The van der Waals surface area contributed by atoms with Crippen LogP contribution in [0.1, 0.15) is 42.6 Å². The molecule has 1 N–H and O–H groups in total. The van der Waals surface area contributed by atoms with E-state index >= 15 is 0 Å². The number of carbonyl (C=O) groups excluding carboxylic acids is 1. The van der Waals surface area contributed by atoms with E-state index in [9.17, 15) is 4.79 Å². The molecule has 2 aromatic rings. The third kappa shape index (κ3) is 3.48. The highest BCUT2D eigenvalue weighted by atomic mass is 16.4. The molecule has 22 heavy (non-hydrogen) atoms. The molecule has 2 rings (SSSR count). The standard InChI is InChI=1S/C16H18N4O2/c1-10-5-6-11(9-12(10)19-20-17)18-15(21)13-7-8-14(22-13)16(2,3)4/h5-9H,1-4H3,(H,18,21). The molecule has 1 amide bonds. The number of nitrogens with one attached hydrogen (secondary N) is 1. The van der Waals surface area contributed by atoms with Crippen LogP contribution in [-0.2, 0) is 5.41 Å². The van der Waals surface area contributed by atoms with Gasteiger partial charge >= 0.3 is 0 Å². The van der Waals surface area contributed by atoms with Crippen LogP contribution in [0.15, 0.2) is 39.9 Å². The van der Waals surface area contributed by atoms with Gasteiger partial charge in [-0.05, 0) is 42.3 Å². The van der Waals surface area contributed by atoms with Gasteiger partial charge in [0.25, 0.3) is 5.91 Å². The molecule has 1 aromatic carbocycles. The fourth-order valence-corrected chi connectivity index (χ4v) is 1.90. The molecule has 0 aliphatic rings. The predicted molar refractivity (Wildman–Crippen MR) is 85.3 cm³/mol. The van der Waals surface area contributed by atoms with Gasteiger partial charge in [-0.1, -0.05) is 32.0 Å². The Morgan fingerprint density at radius 2 is 2.00 bits per heavy atom. The summed E-state index contributed by atoms with van der Waals surface area (Å²) in [6.45, 7) is 7.87. The number of hydrogen-bond acceptors (Lipinski definition) is 3. The highest BCUT2D eigenvalue weighted by Gasteiger charge is 2.20. The van der Waals surface area contributed by atoms with Gasteiger partial charge in [-0.3, -0.25) is 4.79 Å². The average Bonchev–Trinajstić information content (AvgIpc) is 2.92. The molecule has 0 saturated heterocycles. The fraction of sp³-hybridized carbons (Fsp3) is 0.312. The monoisotopic (exact) mass is 298 g/mol. The summed E-state index contributed by atoms with van der Waals surface area (Å²) in [6.07, 6.45) is 0. The summed E-state index contributed by atoms with van der Waals surface area (Å²) >= 11 is 0. The molecular formula is C16H18N4O2. The van der Waals surface area contributed by atoms with Crippen molar-refractivity contribution < 1.29 is 9.21 Å². The van der Waals surface area contributed by atoms with Crippen LogP contribution in [0.5, 0.6) is 0 Å². The van der Waals surface area contributed by atoms with Crippen LogP contribution in [0.4, 0.5) is 11.4 Å². The van der Waals surface area contributed by atoms with Crippen LogP contribution in [0.25, 0.3) is 10.4 Å². The van der Waals surface area contributed by atoms with E-state index in [-0.39, 0.29) is 17.1 Å². The molecule has 0 radical (unpaired) electrons. The summed E-state index contributed by atoms with van der Waals surface area (Å²) < 4.78 is 5.59. The summed E-state index contributed by atoms with van der Waals surface area (Å²) in [7, 11) is 0. The molecule has 0 fully saturated rings. The summed E-state index contributed by atoms with van der Waals surface area (Å²) in [6, 6.07) is 8.61. The maximum absolute atomic E-state index is 12.2. The third-order valence-electron chi connectivity index (χ3n) is 3.19. The van der Waals surface area contributed by atoms with E-state index in [0.29, 0.717) is 11.4 Å². The van der Waals surface area contributed by atoms with Gasteiger partial charge < -0.3 is 9.73 Å². The molecule has 0 atom stereocenters.